The number of carbonyl (C=O) groups is 1. The Kier molecular flexibility index (Phi) is 7.30. The highest BCUT2D eigenvalue weighted by molar-refractivity contribution is 5.65. The zero-order chi connectivity index (χ0) is 19.6. The number of esters is 1. The lowest BCUT2D eigenvalue weighted by atomic mass is 9.97. The van der Waals surface area contributed by atoms with E-state index in [0.29, 0.717) is 6.42 Å². The summed E-state index contributed by atoms with van der Waals surface area (Å²) in [6, 6.07) is 0. The van der Waals surface area contributed by atoms with Crippen LogP contribution in [-0.4, -0.2) is 105 Å². The van der Waals surface area contributed by atoms with Gasteiger partial charge in [0.15, 0.2) is 12.6 Å². The number of aliphatic hydroxyl groups is 6. The maximum atomic E-state index is 10.9. The van der Waals surface area contributed by atoms with E-state index >= 15 is 0 Å². The van der Waals surface area contributed by atoms with Crippen molar-refractivity contribution in [3.63, 3.8) is 0 Å². The molecule has 4 unspecified atom stereocenters. The van der Waals surface area contributed by atoms with Gasteiger partial charge < -0.3 is 49.6 Å². The van der Waals surface area contributed by atoms with Crippen molar-refractivity contribution < 1.29 is 54.4 Å². The zero-order valence-electron chi connectivity index (χ0n) is 14.4. The first-order valence-electron chi connectivity index (χ1n) is 8.35. The highest BCUT2D eigenvalue weighted by Crippen LogP contribution is 2.29. The molecule has 11 nitrogen and oxygen atoms in total. The van der Waals surface area contributed by atoms with E-state index in [1.54, 1.807) is 6.92 Å². The molecule has 0 spiro atoms. The molecule has 2 rings (SSSR count). The molecule has 0 amide bonds. The van der Waals surface area contributed by atoms with Gasteiger partial charge >= 0.3 is 5.97 Å². The topological polar surface area (TPSA) is 175 Å². The molecular formula is C15H26O11. The minimum absolute atomic E-state index is 0.315. The molecule has 6 N–H and O–H groups in total. The summed E-state index contributed by atoms with van der Waals surface area (Å²) in [6.07, 6.45) is -14.1. The molecule has 0 aromatic rings. The van der Waals surface area contributed by atoms with Crippen LogP contribution in [0.15, 0.2) is 0 Å². The Morgan fingerprint density at radius 1 is 0.808 bits per heavy atom. The molecule has 0 aromatic carbocycles. The second-order valence-electron chi connectivity index (χ2n) is 6.38. The van der Waals surface area contributed by atoms with Crippen molar-refractivity contribution in [2.75, 3.05) is 6.61 Å². The van der Waals surface area contributed by atoms with Crippen LogP contribution in [0.4, 0.5) is 0 Å². The van der Waals surface area contributed by atoms with E-state index in [1.807, 2.05) is 0 Å². The predicted molar refractivity (Wildman–Crippen MR) is 81.4 cm³/mol. The quantitative estimate of drug-likeness (QED) is 0.261. The maximum absolute atomic E-state index is 10.9. The summed E-state index contributed by atoms with van der Waals surface area (Å²) in [5, 5.41) is 59.7. The number of hydrogen-bond acceptors (Lipinski definition) is 11. The van der Waals surface area contributed by atoms with Crippen LogP contribution in [-0.2, 0) is 23.7 Å². The molecule has 10 atom stereocenters. The Hall–Kier alpha value is -0.890. The lowest BCUT2D eigenvalue weighted by molar-refractivity contribution is -0.375. The number of ether oxygens (including phenoxy) is 4. The van der Waals surface area contributed by atoms with E-state index in [1.165, 1.54) is 0 Å². The van der Waals surface area contributed by atoms with Crippen molar-refractivity contribution in [3.05, 3.63) is 0 Å². The van der Waals surface area contributed by atoms with Crippen LogP contribution < -0.4 is 0 Å². The highest BCUT2D eigenvalue weighted by atomic mass is 16.8. The second kappa shape index (κ2) is 8.87. The SMILES string of the molecule is CCC1O[C@H](O[C@H]2OC(COC(C)=O)[C@@H](O)C(O)[C@@H]2O)C(O)[C@H](O)[C@@H]1O. The summed E-state index contributed by atoms with van der Waals surface area (Å²) in [6.45, 7) is 2.45. The fraction of sp³-hybridized carbons (Fsp3) is 0.933. The molecule has 2 fully saturated rings. The first kappa shape index (κ1) is 21.4. The van der Waals surface area contributed by atoms with Gasteiger partial charge in [-0.2, -0.15) is 0 Å². The van der Waals surface area contributed by atoms with E-state index in [9.17, 15) is 35.4 Å². The van der Waals surface area contributed by atoms with Crippen LogP contribution in [0.25, 0.3) is 0 Å². The lowest BCUT2D eigenvalue weighted by Crippen LogP contribution is -2.63. The molecule has 26 heavy (non-hydrogen) atoms. The fourth-order valence-electron chi connectivity index (χ4n) is 2.86. The van der Waals surface area contributed by atoms with Crippen LogP contribution in [0.1, 0.15) is 20.3 Å². The first-order chi connectivity index (χ1) is 12.2. The van der Waals surface area contributed by atoms with E-state index in [-0.39, 0.29) is 0 Å². The third-order valence-electron chi connectivity index (χ3n) is 4.46. The monoisotopic (exact) mass is 382 g/mol. The van der Waals surface area contributed by atoms with Gasteiger partial charge in [-0.25, -0.2) is 0 Å². The van der Waals surface area contributed by atoms with Gasteiger partial charge in [-0.15, -0.1) is 0 Å². The van der Waals surface area contributed by atoms with Crippen LogP contribution in [0.2, 0.25) is 0 Å². The molecule has 2 saturated heterocycles. The Bertz CT molecular complexity index is 473. The Labute approximate surface area is 149 Å². The van der Waals surface area contributed by atoms with Gasteiger partial charge in [-0.05, 0) is 6.42 Å². The standard InChI is InChI=1S/C15H26O11/c1-3-6-8(17)10(19)12(21)14(24-6)26-15-13(22)11(20)9(18)7(25-15)4-23-5(2)16/h6-15,17-22H,3-4H2,1-2H3/t6?,7?,8-,9-,10-,11?,12?,13+,14-,15-/m1/s1. The van der Waals surface area contributed by atoms with E-state index in [2.05, 4.69) is 0 Å². The third kappa shape index (κ3) is 4.50. The second-order valence-corrected chi connectivity index (χ2v) is 6.38. The van der Waals surface area contributed by atoms with Crippen molar-refractivity contribution in [2.24, 2.45) is 0 Å². The summed E-state index contributed by atoms with van der Waals surface area (Å²) in [7, 11) is 0. The lowest BCUT2D eigenvalue weighted by Gasteiger charge is -2.44. The van der Waals surface area contributed by atoms with Crippen molar-refractivity contribution in [1.82, 2.24) is 0 Å². The zero-order valence-corrected chi connectivity index (χ0v) is 14.4. The fourth-order valence-corrected chi connectivity index (χ4v) is 2.86. The minimum Gasteiger partial charge on any atom is -0.463 e. The van der Waals surface area contributed by atoms with Gasteiger partial charge in [0.2, 0.25) is 0 Å². The van der Waals surface area contributed by atoms with Crippen molar-refractivity contribution in [2.45, 2.75) is 81.7 Å². The number of aliphatic hydroxyl groups excluding tert-OH is 6. The molecule has 2 heterocycles. The summed E-state index contributed by atoms with van der Waals surface area (Å²) >= 11 is 0. The predicted octanol–water partition coefficient (Wildman–Crippen LogP) is -3.41. The Morgan fingerprint density at radius 3 is 1.73 bits per heavy atom. The van der Waals surface area contributed by atoms with Crippen LogP contribution in [0.5, 0.6) is 0 Å². The van der Waals surface area contributed by atoms with Crippen molar-refractivity contribution in [3.8, 4) is 0 Å². The van der Waals surface area contributed by atoms with Crippen LogP contribution in [0.3, 0.4) is 0 Å². The van der Waals surface area contributed by atoms with E-state index in [0.717, 1.165) is 6.92 Å². The Balaban J connectivity index is 2.07. The summed E-state index contributed by atoms with van der Waals surface area (Å²) in [4.78, 5) is 10.9. The van der Waals surface area contributed by atoms with Gasteiger partial charge in [-0.3, -0.25) is 4.79 Å². The molecule has 0 radical (unpaired) electrons. The first-order valence-corrected chi connectivity index (χ1v) is 8.35. The van der Waals surface area contributed by atoms with E-state index < -0.39 is 74.0 Å². The van der Waals surface area contributed by atoms with Gasteiger partial charge in [0.1, 0.15) is 49.3 Å². The molecule has 0 aromatic heterocycles. The van der Waals surface area contributed by atoms with Gasteiger partial charge in [0, 0.05) is 6.92 Å². The van der Waals surface area contributed by atoms with Crippen molar-refractivity contribution >= 4 is 5.97 Å². The molecule has 152 valence electrons. The van der Waals surface area contributed by atoms with Crippen molar-refractivity contribution in [1.29, 1.82) is 0 Å². The number of carbonyl (C=O) groups excluding carboxylic acids is 1. The molecule has 0 bridgehead atoms. The molecule has 0 saturated carbocycles. The summed E-state index contributed by atoms with van der Waals surface area (Å²) in [5.74, 6) is -0.632. The van der Waals surface area contributed by atoms with Crippen LogP contribution >= 0.6 is 0 Å². The Morgan fingerprint density at radius 2 is 1.27 bits per heavy atom. The number of rotatable bonds is 5. The molecular weight excluding hydrogens is 356 g/mol. The number of hydrogen-bond donors (Lipinski definition) is 6. The third-order valence-corrected chi connectivity index (χ3v) is 4.46. The average molecular weight is 382 g/mol. The molecule has 2 aliphatic heterocycles. The van der Waals surface area contributed by atoms with Crippen LogP contribution in [0, 0.1) is 0 Å². The maximum Gasteiger partial charge on any atom is 0.302 e. The molecule has 2 aliphatic rings. The molecule has 0 aliphatic carbocycles. The summed E-state index contributed by atoms with van der Waals surface area (Å²) in [5.41, 5.74) is 0. The smallest absolute Gasteiger partial charge is 0.302 e. The largest absolute Gasteiger partial charge is 0.463 e. The van der Waals surface area contributed by atoms with E-state index in [4.69, 9.17) is 18.9 Å². The molecule has 11 heteroatoms. The summed E-state index contributed by atoms with van der Waals surface area (Å²) < 4.78 is 20.8. The average Bonchev–Trinajstić information content (AvgIpc) is 2.61. The van der Waals surface area contributed by atoms with Gasteiger partial charge in [-0.1, -0.05) is 6.92 Å². The normalized spacial score (nSPS) is 46.8. The van der Waals surface area contributed by atoms with Gasteiger partial charge in [0.05, 0.1) is 6.10 Å². The minimum atomic E-state index is -1.70. The van der Waals surface area contributed by atoms with Gasteiger partial charge in [0.25, 0.3) is 0 Å². The highest BCUT2D eigenvalue weighted by Gasteiger charge is 2.49.